The molecule has 10 heteroatoms. The summed E-state index contributed by atoms with van der Waals surface area (Å²) in [4.78, 5) is 40.0. The number of unbranched alkanes of at least 4 members (excludes halogenated alkanes) is 28. The largest absolute Gasteiger partial charge is 0.756 e. The molecule has 3 unspecified atom stereocenters. The van der Waals surface area contributed by atoms with Crippen LogP contribution < -0.4 is 10.2 Å². The van der Waals surface area contributed by atoms with E-state index >= 15 is 0 Å². The van der Waals surface area contributed by atoms with E-state index in [1.54, 1.807) is 0 Å². The Labute approximate surface area is 469 Å². The fraction of sp³-hybridized carbons (Fsp3) is 0.758. The number of ether oxygens (including phenoxy) is 1. The van der Waals surface area contributed by atoms with Crippen molar-refractivity contribution in [1.29, 1.82) is 0 Å². The zero-order chi connectivity index (χ0) is 55.7. The van der Waals surface area contributed by atoms with Crippen LogP contribution >= 0.6 is 7.82 Å². The molecule has 0 aliphatic heterocycles. The molecular formula is C66H119N2O7P. The van der Waals surface area contributed by atoms with Gasteiger partial charge in [-0.05, 0) is 102 Å². The number of allylic oxidation sites excluding steroid dienone is 13. The molecule has 9 nitrogen and oxygen atoms in total. The Morgan fingerprint density at radius 2 is 0.842 bits per heavy atom. The number of nitrogens with one attached hydrogen (secondary N) is 1. The summed E-state index contributed by atoms with van der Waals surface area (Å²) in [5, 5.41) is 3.02. The Bertz CT molecular complexity index is 1580. The predicted octanol–water partition coefficient (Wildman–Crippen LogP) is 18.8. The van der Waals surface area contributed by atoms with Gasteiger partial charge in [-0.3, -0.25) is 14.2 Å². The third kappa shape index (κ3) is 55.9. The summed E-state index contributed by atoms with van der Waals surface area (Å²) in [6.07, 6.45) is 72.6. The average Bonchev–Trinajstić information content (AvgIpc) is 3.38. The SMILES string of the molecule is CC/C=C\C/C=C\C/C=C\C/C=C\C/C=C\CCCCCCCC(=O)NC(COP(=O)([O-])OCC[N+](C)(C)C)C(/C=C\CCCCCCCCCCCC)OC(=O)CCCCCCCCC/C=C/CCCCCCCC. The summed E-state index contributed by atoms with van der Waals surface area (Å²) >= 11 is 0. The van der Waals surface area contributed by atoms with Gasteiger partial charge in [-0.25, -0.2) is 0 Å². The fourth-order valence-corrected chi connectivity index (χ4v) is 9.44. The van der Waals surface area contributed by atoms with Crippen LogP contribution in [0.2, 0.25) is 0 Å². The third-order valence-electron chi connectivity index (χ3n) is 13.6. The van der Waals surface area contributed by atoms with Crippen LogP contribution in [-0.4, -0.2) is 69.4 Å². The zero-order valence-corrected chi connectivity index (χ0v) is 51.1. The summed E-state index contributed by atoms with van der Waals surface area (Å²) in [6.45, 7) is 6.71. The molecule has 0 aliphatic carbocycles. The molecule has 0 saturated heterocycles. The van der Waals surface area contributed by atoms with Crippen LogP contribution in [0.1, 0.15) is 271 Å². The van der Waals surface area contributed by atoms with Gasteiger partial charge in [-0.15, -0.1) is 0 Å². The number of nitrogens with zero attached hydrogens (tertiary/aromatic N) is 1. The van der Waals surface area contributed by atoms with E-state index in [0.717, 1.165) is 116 Å². The number of quaternary nitrogens is 1. The molecule has 0 bridgehead atoms. The summed E-state index contributed by atoms with van der Waals surface area (Å²) in [6, 6.07) is -0.904. The number of carbonyl (C=O) groups excluding carboxylic acids is 2. The minimum atomic E-state index is -4.71. The lowest BCUT2D eigenvalue weighted by Crippen LogP contribution is -2.47. The van der Waals surface area contributed by atoms with Crippen LogP contribution in [0.15, 0.2) is 85.1 Å². The average molecular weight is 1080 g/mol. The number of likely N-dealkylation sites (N-methyl/N-ethyl adjacent to an activating group) is 1. The molecule has 3 atom stereocenters. The second-order valence-electron chi connectivity index (χ2n) is 22.2. The van der Waals surface area contributed by atoms with Crippen LogP contribution in [0.5, 0.6) is 0 Å². The molecule has 0 fully saturated rings. The number of esters is 1. The van der Waals surface area contributed by atoms with Crippen LogP contribution in [0.4, 0.5) is 0 Å². The van der Waals surface area contributed by atoms with E-state index in [2.05, 4.69) is 99.0 Å². The lowest BCUT2D eigenvalue weighted by Gasteiger charge is -2.30. The molecule has 0 aliphatic rings. The molecule has 0 saturated carbocycles. The molecule has 0 aromatic heterocycles. The molecule has 0 rings (SSSR count). The van der Waals surface area contributed by atoms with Crippen molar-refractivity contribution < 1.29 is 37.3 Å². The van der Waals surface area contributed by atoms with Crippen molar-refractivity contribution in [3.05, 3.63) is 85.1 Å². The van der Waals surface area contributed by atoms with E-state index in [1.807, 2.05) is 33.3 Å². The van der Waals surface area contributed by atoms with Crippen LogP contribution in [0.3, 0.4) is 0 Å². The smallest absolute Gasteiger partial charge is 0.306 e. The Morgan fingerprint density at radius 1 is 0.474 bits per heavy atom. The van der Waals surface area contributed by atoms with Gasteiger partial charge in [0.05, 0.1) is 33.8 Å². The van der Waals surface area contributed by atoms with Gasteiger partial charge in [-0.1, -0.05) is 241 Å². The highest BCUT2D eigenvalue weighted by atomic mass is 31.2. The maximum atomic E-state index is 13.5. The summed E-state index contributed by atoms with van der Waals surface area (Å²) < 4.78 is 30.3. The van der Waals surface area contributed by atoms with Gasteiger partial charge >= 0.3 is 5.97 Å². The first kappa shape index (κ1) is 73.2. The maximum Gasteiger partial charge on any atom is 0.306 e. The lowest BCUT2D eigenvalue weighted by molar-refractivity contribution is -0.870. The molecule has 0 aromatic carbocycles. The first-order chi connectivity index (χ1) is 36.9. The molecule has 0 spiro atoms. The second kappa shape index (κ2) is 55.5. The van der Waals surface area contributed by atoms with Crippen molar-refractivity contribution in [2.24, 2.45) is 0 Å². The number of phosphoric acid groups is 1. The molecule has 0 radical (unpaired) electrons. The van der Waals surface area contributed by atoms with Gasteiger partial charge < -0.3 is 28.5 Å². The number of amides is 1. The highest BCUT2D eigenvalue weighted by molar-refractivity contribution is 7.45. The number of hydrogen-bond donors (Lipinski definition) is 1. The Kier molecular flexibility index (Phi) is 53.5. The van der Waals surface area contributed by atoms with Gasteiger partial charge in [0.25, 0.3) is 7.82 Å². The molecule has 0 heterocycles. The first-order valence-corrected chi connectivity index (χ1v) is 32.9. The maximum absolute atomic E-state index is 13.5. The summed E-state index contributed by atoms with van der Waals surface area (Å²) in [5.74, 6) is -0.568. The van der Waals surface area contributed by atoms with Crippen molar-refractivity contribution >= 4 is 19.7 Å². The van der Waals surface area contributed by atoms with Crippen molar-refractivity contribution in [1.82, 2.24) is 5.32 Å². The molecule has 440 valence electrons. The van der Waals surface area contributed by atoms with Crippen molar-refractivity contribution in [3.8, 4) is 0 Å². The predicted molar refractivity (Wildman–Crippen MR) is 325 cm³/mol. The Morgan fingerprint density at radius 3 is 1.28 bits per heavy atom. The van der Waals surface area contributed by atoms with Crippen molar-refractivity contribution in [3.63, 3.8) is 0 Å². The molecule has 1 amide bonds. The number of carbonyl (C=O) groups is 2. The van der Waals surface area contributed by atoms with Crippen LogP contribution in [0, 0.1) is 0 Å². The summed E-state index contributed by atoms with van der Waals surface area (Å²) in [5.41, 5.74) is 0. The minimum Gasteiger partial charge on any atom is -0.756 e. The molecule has 1 N–H and O–H groups in total. The van der Waals surface area contributed by atoms with Gasteiger partial charge in [0.1, 0.15) is 19.3 Å². The number of hydrogen-bond acceptors (Lipinski definition) is 7. The van der Waals surface area contributed by atoms with E-state index < -0.39 is 26.6 Å². The van der Waals surface area contributed by atoms with E-state index in [1.165, 1.54) is 116 Å². The monoisotopic (exact) mass is 1080 g/mol. The van der Waals surface area contributed by atoms with Gasteiger partial charge in [0.15, 0.2) is 0 Å². The quantitative estimate of drug-likeness (QED) is 0.0212. The minimum absolute atomic E-state index is 0.0303. The normalized spacial score (nSPS) is 14.2. The Hall–Kier alpha value is -2.81. The van der Waals surface area contributed by atoms with Gasteiger partial charge in [0.2, 0.25) is 5.91 Å². The summed E-state index contributed by atoms with van der Waals surface area (Å²) in [7, 11) is 1.16. The van der Waals surface area contributed by atoms with Crippen molar-refractivity contribution in [2.75, 3.05) is 40.9 Å². The van der Waals surface area contributed by atoms with Crippen LogP contribution in [-0.2, 0) is 27.9 Å². The lowest BCUT2D eigenvalue weighted by atomic mass is 10.0. The zero-order valence-electron chi connectivity index (χ0n) is 50.2. The van der Waals surface area contributed by atoms with Gasteiger partial charge in [-0.2, -0.15) is 0 Å². The van der Waals surface area contributed by atoms with E-state index in [-0.39, 0.29) is 24.9 Å². The third-order valence-corrected chi connectivity index (χ3v) is 14.5. The first-order valence-electron chi connectivity index (χ1n) is 31.4. The van der Waals surface area contributed by atoms with Crippen molar-refractivity contribution in [2.45, 2.75) is 283 Å². The topological polar surface area (TPSA) is 114 Å². The highest BCUT2D eigenvalue weighted by Gasteiger charge is 2.27. The molecule has 76 heavy (non-hydrogen) atoms. The molecular weight excluding hydrogens is 964 g/mol. The number of phosphoric ester groups is 1. The van der Waals surface area contributed by atoms with E-state index in [9.17, 15) is 19.0 Å². The highest BCUT2D eigenvalue weighted by Crippen LogP contribution is 2.38. The fourth-order valence-electron chi connectivity index (χ4n) is 8.72. The van der Waals surface area contributed by atoms with Crippen LogP contribution in [0.25, 0.3) is 0 Å². The molecule has 0 aromatic rings. The standard InChI is InChI=1S/C66H119N2O7P/c1-7-10-13-16-19-22-25-28-30-32-33-34-35-37-38-40-43-46-49-52-55-58-65(69)67-63(62-74-76(71,72)73-61-60-68(4,5)6)64(57-54-51-48-45-42-27-24-21-18-15-12-9-3)75-66(70)59-56-53-50-47-44-41-39-36-31-29-26-23-20-17-14-11-8-2/h10,13,19,22,28-31,33-34,37-38,54,57,63-64H,7-9,11-12,14-18,20-21,23-27,32,35-36,39-53,55-56,58-62H2,1-6H3,(H-,67,69,71,72)/b13-10-,22-19-,30-28-,31-29+,34-33-,38-37-,57-54-. The van der Waals surface area contributed by atoms with Gasteiger partial charge in [0, 0.05) is 12.8 Å². The van der Waals surface area contributed by atoms with E-state index in [0.29, 0.717) is 23.9 Å². The number of rotatable bonds is 56. The second-order valence-corrected chi connectivity index (χ2v) is 23.6. The Balaban J connectivity index is 5.29. The van der Waals surface area contributed by atoms with E-state index in [4.69, 9.17) is 13.8 Å².